The fraction of sp³-hybridized carbons (Fsp3) is 0.389. The molecule has 1 fully saturated rings. The number of rotatable bonds is 6. The number of benzene rings is 1. The number of fused-ring (bicyclic) bond motifs is 1. The Balaban J connectivity index is 1.72. The molecule has 28 heavy (non-hydrogen) atoms. The first-order valence-corrected chi connectivity index (χ1v) is 10.7. The van der Waals surface area contributed by atoms with Crippen molar-refractivity contribution in [3.05, 3.63) is 30.9 Å². The average Bonchev–Trinajstić information content (AvgIpc) is 3.20. The zero-order valence-corrected chi connectivity index (χ0v) is 16.3. The van der Waals surface area contributed by atoms with Crippen LogP contribution in [0, 0.1) is 0 Å². The molecule has 0 unspecified atom stereocenters. The van der Waals surface area contributed by atoms with E-state index in [0.717, 1.165) is 25.7 Å². The van der Waals surface area contributed by atoms with Gasteiger partial charge in [-0.05, 0) is 50.9 Å². The molecule has 10 heteroatoms. The molecule has 4 rings (SSSR count). The van der Waals surface area contributed by atoms with Gasteiger partial charge in [0, 0.05) is 0 Å². The van der Waals surface area contributed by atoms with Crippen LogP contribution in [-0.4, -0.2) is 41.5 Å². The minimum Gasteiger partial charge on any atom is -0.488 e. The van der Waals surface area contributed by atoms with Crippen molar-refractivity contribution in [1.29, 1.82) is 0 Å². The molecule has 0 saturated heterocycles. The third-order valence-electron chi connectivity index (χ3n) is 4.85. The summed E-state index contributed by atoms with van der Waals surface area (Å²) in [5.74, 6) is 1.09. The molecule has 1 saturated carbocycles. The Hall–Kier alpha value is -2.72. The van der Waals surface area contributed by atoms with Gasteiger partial charge in [0.2, 0.25) is 10.0 Å². The number of aromatic nitrogens is 4. The summed E-state index contributed by atoms with van der Waals surface area (Å²) in [6, 6.07) is 4.78. The van der Waals surface area contributed by atoms with Crippen molar-refractivity contribution >= 4 is 32.7 Å². The summed E-state index contributed by atoms with van der Waals surface area (Å²) < 4.78 is 33.1. The van der Waals surface area contributed by atoms with E-state index in [2.05, 4.69) is 30.0 Å². The number of ether oxygens (including phenoxy) is 1. The summed E-state index contributed by atoms with van der Waals surface area (Å²) >= 11 is 0. The number of nitrogens with zero attached hydrogens (tertiary/aromatic N) is 3. The number of aromatic amines is 1. The van der Waals surface area contributed by atoms with E-state index >= 15 is 0 Å². The van der Waals surface area contributed by atoms with E-state index in [-0.39, 0.29) is 11.0 Å². The van der Waals surface area contributed by atoms with Gasteiger partial charge in [0.25, 0.3) is 0 Å². The first-order valence-electron chi connectivity index (χ1n) is 9.22. The minimum atomic E-state index is -3.59. The lowest BCUT2D eigenvalue weighted by Crippen LogP contribution is -2.21. The van der Waals surface area contributed by atoms with E-state index in [4.69, 9.17) is 4.74 Å². The molecule has 0 atom stereocenters. The minimum absolute atomic E-state index is 0.124. The fourth-order valence-corrected chi connectivity index (χ4v) is 4.10. The van der Waals surface area contributed by atoms with Gasteiger partial charge in [0.05, 0.1) is 23.0 Å². The highest BCUT2D eigenvalue weighted by Crippen LogP contribution is 2.34. The van der Waals surface area contributed by atoms with Crippen LogP contribution in [0.4, 0.5) is 11.5 Å². The smallest absolute Gasteiger partial charge is 0.240 e. The second kappa shape index (κ2) is 7.72. The Morgan fingerprint density at radius 3 is 2.75 bits per heavy atom. The summed E-state index contributed by atoms with van der Waals surface area (Å²) in [6.07, 6.45) is 8.55. The summed E-state index contributed by atoms with van der Waals surface area (Å²) in [6.45, 7) is 0. The van der Waals surface area contributed by atoms with Gasteiger partial charge in [0.1, 0.15) is 17.6 Å². The molecule has 3 N–H and O–H groups in total. The van der Waals surface area contributed by atoms with Gasteiger partial charge < -0.3 is 15.0 Å². The number of imidazole rings is 1. The molecular formula is C18H22N6O3S. The Morgan fingerprint density at radius 1 is 1.14 bits per heavy atom. The SMILES string of the molecule is CNS(=O)(=O)c1ccc(OC2CCCCC2)c(Nc2ncnc3nc[nH]c23)c1. The summed E-state index contributed by atoms with van der Waals surface area (Å²) in [5, 5.41) is 3.19. The molecule has 1 aliphatic rings. The lowest BCUT2D eigenvalue weighted by molar-refractivity contribution is 0.156. The van der Waals surface area contributed by atoms with Gasteiger partial charge in [-0.1, -0.05) is 6.42 Å². The standard InChI is InChI=1S/C18H22N6O3S/c1-19-28(25,26)13-7-8-15(27-12-5-3-2-4-6-12)14(9-13)24-18-16-17(21-10-20-16)22-11-23-18/h7-12,19H,2-6H2,1H3,(H2,20,21,22,23,24). The number of anilines is 2. The second-order valence-electron chi connectivity index (χ2n) is 6.69. The third-order valence-corrected chi connectivity index (χ3v) is 6.26. The van der Waals surface area contributed by atoms with E-state index in [9.17, 15) is 8.42 Å². The number of H-pyrrole nitrogens is 1. The highest BCUT2D eigenvalue weighted by Gasteiger charge is 2.20. The first-order chi connectivity index (χ1) is 13.6. The Kier molecular flexibility index (Phi) is 5.14. The number of sulfonamides is 1. The van der Waals surface area contributed by atoms with E-state index in [1.807, 2.05) is 0 Å². The molecule has 1 aliphatic carbocycles. The Bertz CT molecular complexity index is 1080. The molecule has 9 nitrogen and oxygen atoms in total. The van der Waals surface area contributed by atoms with Gasteiger partial charge in [-0.3, -0.25) is 0 Å². The lowest BCUT2D eigenvalue weighted by Gasteiger charge is -2.24. The monoisotopic (exact) mass is 402 g/mol. The maximum absolute atomic E-state index is 12.3. The molecule has 3 aromatic rings. The van der Waals surface area contributed by atoms with Crippen LogP contribution in [0.2, 0.25) is 0 Å². The maximum Gasteiger partial charge on any atom is 0.240 e. The topological polar surface area (TPSA) is 122 Å². The van der Waals surface area contributed by atoms with Crippen molar-refractivity contribution in [1.82, 2.24) is 24.7 Å². The Morgan fingerprint density at radius 2 is 1.96 bits per heavy atom. The largest absolute Gasteiger partial charge is 0.488 e. The Labute approximate surface area is 163 Å². The number of hydrogen-bond donors (Lipinski definition) is 3. The van der Waals surface area contributed by atoms with Crippen LogP contribution in [0.3, 0.4) is 0 Å². The molecule has 148 valence electrons. The van der Waals surface area contributed by atoms with Crippen LogP contribution in [0.15, 0.2) is 35.7 Å². The molecule has 0 bridgehead atoms. The molecule has 1 aromatic carbocycles. The fourth-order valence-electron chi connectivity index (χ4n) is 3.34. The molecule has 2 heterocycles. The highest BCUT2D eigenvalue weighted by molar-refractivity contribution is 7.89. The summed E-state index contributed by atoms with van der Waals surface area (Å²) in [7, 11) is -2.21. The lowest BCUT2D eigenvalue weighted by atomic mass is 9.98. The van der Waals surface area contributed by atoms with E-state index in [1.165, 1.54) is 26.1 Å². The molecule has 0 aliphatic heterocycles. The highest BCUT2D eigenvalue weighted by atomic mass is 32.2. The predicted molar refractivity (Wildman–Crippen MR) is 105 cm³/mol. The number of hydrogen-bond acceptors (Lipinski definition) is 7. The van der Waals surface area contributed by atoms with Crippen molar-refractivity contribution in [3.8, 4) is 5.75 Å². The molecule has 0 radical (unpaired) electrons. The van der Waals surface area contributed by atoms with Crippen LogP contribution < -0.4 is 14.8 Å². The first kappa shape index (κ1) is 18.6. The normalized spacial score (nSPS) is 15.6. The third kappa shape index (κ3) is 3.78. The molecule has 2 aromatic heterocycles. The summed E-state index contributed by atoms with van der Waals surface area (Å²) in [5.41, 5.74) is 1.68. The second-order valence-corrected chi connectivity index (χ2v) is 8.58. The predicted octanol–water partition coefficient (Wildman–Crippen LogP) is 2.72. The van der Waals surface area contributed by atoms with Gasteiger partial charge >= 0.3 is 0 Å². The van der Waals surface area contributed by atoms with Gasteiger partial charge in [-0.2, -0.15) is 0 Å². The zero-order chi connectivity index (χ0) is 19.6. The van der Waals surface area contributed by atoms with Gasteiger partial charge in [0.15, 0.2) is 11.5 Å². The van der Waals surface area contributed by atoms with Crippen LogP contribution >= 0.6 is 0 Å². The van der Waals surface area contributed by atoms with Crippen molar-refractivity contribution in [2.45, 2.75) is 43.1 Å². The zero-order valence-electron chi connectivity index (χ0n) is 15.5. The van der Waals surface area contributed by atoms with Gasteiger partial charge in [-0.15, -0.1) is 0 Å². The van der Waals surface area contributed by atoms with Crippen LogP contribution in [0.5, 0.6) is 5.75 Å². The van der Waals surface area contributed by atoms with Crippen LogP contribution in [-0.2, 0) is 10.0 Å². The van der Waals surface area contributed by atoms with Crippen LogP contribution in [0.1, 0.15) is 32.1 Å². The number of nitrogens with one attached hydrogen (secondary N) is 3. The van der Waals surface area contributed by atoms with E-state index in [1.54, 1.807) is 18.2 Å². The van der Waals surface area contributed by atoms with Crippen molar-refractivity contribution in [2.75, 3.05) is 12.4 Å². The molecule has 0 amide bonds. The van der Waals surface area contributed by atoms with Crippen molar-refractivity contribution < 1.29 is 13.2 Å². The summed E-state index contributed by atoms with van der Waals surface area (Å²) in [4.78, 5) is 15.6. The quantitative estimate of drug-likeness (QED) is 0.579. The van der Waals surface area contributed by atoms with Crippen molar-refractivity contribution in [2.24, 2.45) is 0 Å². The van der Waals surface area contributed by atoms with E-state index in [0.29, 0.717) is 28.4 Å². The van der Waals surface area contributed by atoms with E-state index < -0.39 is 10.0 Å². The average molecular weight is 402 g/mol. The maximum atomic E-state index is 12.3. The molecular weight excluding hydrogens is 380 g/mol. The van der Waals surface area contributed by atoms with Gasteiger partial charge in [-0.25, -0.2) is 28.1 Å². The molecule has 0 spiro atoms. The van der Waals surface area contributed by atoms with Crippen LogP contribution in [0.25, 0.3) is 11.2 Å². The van der Waals surface area contributed by atoms with Crippen molar-refractivity contribution in [3.63, 3.8) is 0 Å².